The minimum absolute atomic E-state index is 0.143. The van der Waals surface area contributed by atoms with Crippen LogP contribution in [0.15, 0.2) is 12.7 Å². The van der Waals surface area contributed by atoms with E-state index < -0.39 is 0 Å². The number of hydrogen-bond acceptors (Lipinski definition) is 6. The van der Waals surface area contributed by atoms with Crippen molar-refractivity contribution < 1.29 is 0 Å². The molecule has 1 atom stereocenters. The van der Waals surface area contributed by atoms with Crippen LogP contribution in [0.25, 0.3) is 0 Å². The minimum atomic E-state index is -0.143. The van der Waals surface area contributed by atoms with Gasteiger partial charge in [-0.25, -0.2) is 15.4 Å². The third-order valence-corrected chi connectivity index (χ3v) is 2.16. The Bertz CT molecular complexity index is 404. The molecule has 0 amide bonds. The highest BCUT2D eigenvalue weighted by atomic mass is 15.3. The molecule has 0 spiro atoms. The van der Waals surface area contributed by atoms with Gasteiger partial charge >= 0.3 is 0 Å². The van der Waals surface area contributed by atoms with Gasteiger partial charge in [0.2, 0.25) is 0 Å². The van der Waals surface area contributed by atoms with Gasteiger partial charge in [0.25, 0.3) is 0 Å². The first kappa shape index (κ1) is 9.74. The summed E-state index contributed by atoms with van der Waals surface area (Å²) in [6, 6.07) is -0.143. The minimum Gasteiger partial charge on any atom is -0.271 e. The van der Waals surface area contributed by atoms with E-state index in [-0.39, 0.29) is 6.04 Å². The molecule has 1 unspecified atom stereocenters. The number of hydrazine groups is 1. The van der Waals surface area contributed by atoms with Gasteiger partial charge in [-0.3, -0.25) is 15.6 Å². The maximum Gasteiger partial charge on any atom is 0.143 e. The summed E-state index contributed by atoms with van der Waals surface area (Å²) >= 11 is 0. The molecule has 80 valence electrons. The van der Waals surface area contributed by atoms with Crippen LogP contribution in [-0.2, 0) is 13.5 Å². The van der Waals surface area contributed by atoms with Gasteiger partial charge < -0.3 is 0 Å². The molecule has 4 N–H and O–H groups in total. The molecule has 0 aliphatic carbocycles. The van der Waals surface area contributed by atoms with Crippen LogP contribution in [0, 0.1) is 0 Å². The summed E-state index contributed by atoms with van der Waals surface area (Å²) in [7, 11) is 1.83. The Morgan fingerprint density at radius 1 is 1.53 bits per heavy atom. The van der Waals surface area contributed by atoms with Gasteiger partial charge in [-0.05, 0) is 0 Å². The number of rotatable bonds is 4. The lowest BCUT2D eigenvalue weighted by Gasteiger charge is -2.11. The highest BCUT2D eigenvalue weighted by Gasteiger charge is 2.15. The molecule has 15 heavy (non-hydrogen) atoms. The largest absolute Gasteiger partial charge is 0.271 e. The maximum atomic E-state index is 5.44. The lowest BCUT2D eigenvalue weighted by atomic mass is 10.2. The Morgan fingerprint density at radius 3 is 2.93 bits per heavy atom. The van der Waals surface area contributed by atoms with Crippen molar-refractivity contribution >= 4 is 0 Å². The molecule has 2 rings (SSSR count). The number of aromatic nitrogens is 6. The fourth-order valence-electron chi connectivity index (χ4n) is 1.30. The number of nitrogens with zero attached hydrogens (tertiary/aromatic N) is 5. The summed E-state index contributed by atoms with van der Waals surface area (Å²) in [4.78, 5) is 8.14. The van der Waals surface area contributed by atoms with Crippen LogP contribution in [0.2, 0.25) is 0 Å². The first-order valence-corrected chi connectivity index (χ1v) is 4.45. The predicted molar refractivity (Wildman–Crippen MR) is 51.2 cm³/mol. The quantitative estimate of drug-likeness (QED) is 0.424. The van der Waals surface area contributed by atoms with Crippen molar-refractivity contribution in [1.82, 2.24) is 35.4 Å². The topological polar surface area (TPSA) is 110 Å². The zero-order valence-corrected chi connectivity index (χ0v) is 8.25. The number of H-pyrrole nitrogens is 1. The molecule has 8 nitrogen and oxygen atoms in total. The van der Waals surface area contributed by atoms with E-state index >= 15 is 0 Å². The molecule has 0 aliphatic heterocycles. The first-order valence-electron chi connectivity index (χ1n) is 4.45. The van der Waals surface area contributed by atoms with Crippen LogP contribution in [0.3, 0.4) is 0 Å². The van der Waals surface area contributed by atoms with Gasteiger partial charge in [0.05, 0.1) is 6.04 Å². The molecule has 2 heterocycles. The number of nitrogens with two attached hydrogens (primary N) is 1. The van der Waals surface area contributed by atoms with E-state index in [1.807, 2.05) is 7.05 Å². The first-order chi connectivity index (χ1) is 7.31. The van der Waals surface area contributed by atoms with Crippen LogP contribution < -0.4 is 11.3 Å². The zero-order chi connectivity index (χ0) is 10.7. The van der Waals surface area contributed by atoms with Crippen LogP contribution >= 0.6 is 0 Å². The average Bonchev–Trinajstić information content (AvgIpc) is 2.86. The Kier molecular flexibility index (Phi) is 2.70. The van der Waals surface area contributed by atoms with Crippen LogP contribution in [0.1, 0.15) is 17.7 Å². The van der Waals surface area contributed by atoms with E-state index in [1.165, 1.54) is 12.7 Å². The van der Waals surface area contributed by atoms with Crippen LogP contribution in [-0.4, -0.2) is 29.9 Å². The van der Waals surface area contributed by atoms with Gasteiger partial charge in [-0.2, -0.15) is 10.2 Å². The number of nitrogens with one attached hydrogen (secondary N) is 2. The number of hydrogen-bond donors (Lipinski definition) is 3. The average molecular weight is 208 g/mol. The number of aromatic amines is 1. The molecule has 0 radical (unpaired) electrons. The monoisotopic (exact) mass is 208 g/mol. The third-order valence-electron chi connectivity index (χ3n) is 2.16. The van der Waals surface area contributed by atoms with Crippen molar-refractivity contribution in [2.45, 2.75) is 12.5 Å². The summed E-state index contributed by atoms with van der Waals surface area (Å²) in [5, 5.41) is 10.5. The van der Waals surface area contributed by atoms with E-state index in [9.17, 15) is 0 Å². The normalized spacial score (nSPS) is 12.9. The predicted octanol–water partition coefficient (Wildman–Crippen LogP) is -1.32. The van der Waals surface area contributed by atoms with E-state index in [4.69, 9.17) is 5.84 Å². The summed E-state index contributed by atoms with van der Waals surface area (Å²) in [5.41, 5.74) is 2.66. The van der Waals surface area contributed by atoms with E-state index in [1.54, 1.807) is 4.68 Å². The number of aryl methyl sites for hydroxylation is 1. The summed E-state index contributed by atoms with van der Waals surface area (Å²) in [5.74, 6) is 6.94. The summed E-state index contributed by atoms with van der Waals surface area (Å²) < 4.78 is 1.70. The fourth-order valence-corrected chi connectivity index (χ4v) is 1.30. The molecule has 0 fully saturated rings. The molecule has 0 aliphatic rings. The van der Waals surface area contributed by atoms with Crippen LogP contribution in [0.4, 0.5) is 0 Å². The molecule has 0 saturated carbocycles. The van der Waals surface area contributed by atoms with Gasteiger partial charge in [0.15, 0.2) is 0 Å². The van der Waals surface area contributed by atoms with Gasteiger partial charge in [0, 0.05) is 13.5 Å². The highest BCUT2D eigenvalue weighted by Crippen LogP contribution is 2.10. The highest BCUT2D eigenvalue weighted by molar-refractivity contribution is 4.97. The second kappa shape index (κ2) is 4.15. The standard InChI is InChI=1S/C7H12N8/c1-15-6(9-4-12-15)2-5(13-8)7-10-3-11-14-7/h3-5,13H,2,8H2,1H3,(H,10,11,14). The molecule has 8 heteroatoms. The Hall–Kier alpha value is -1.80. The second-order valence-corrected chi connectivity index (χ2v) is 3.09. The smallest absolute Gasteiger partial charge is 0.143 e. The van der Waals surface area contributed by atoms with E-state index in [2.05, 4.69) is 30.7 Å². The lowest BCUT2D eigenvalue weighted by Crippen LogP contribution is -2.31. The lowest BCUT2D eigenvalue weighted by molar-refractivity contribution is 0.500. The molecular weight excluding hydrogens is 196 g/mol. The van der Waals surface area contributed by atoms with Crippen molar-refractivity contribution in [1.29, 1.82) is 0 Å². The van der Waals surface area contributed by atoms with Crippen molar-refractivity contribution in [2.75, 3.05) is 0 Å². The Morgan fingerprint density at radius 2 is 2.40 bits per heavy atom. The molecule has 0 aromatic carbocycles. The van der Waals surface area contributed by atoms with Crippen molar-refractivity contribution in [3.8, 4) is 0 Å². The second-order valence-electron chi connectivity index (χ2n) is 3.09. The molecule has 2 aromatic heterocycles. The van der Waals surface area contributed by atoms with Gasteiger partial charge in [0.1, 0.15) is 24.3 Å². The molecule has 0 bridgehead atoms. The van der Waals surface area contributed by atoms with Crippen LogP contribution in [0.5, 0.6) is 0 Å². The van der Waals surface area contributed by atoms with E-state index in [0.29, 0.717) is 12.2 Å². The zero-order valence-electron chi connectivity index (χ0n) is 8.25. The van der Waals surface area contributed by atoms with E-state index in [0.717, 1.165) is 5.82 Å². The van der Waals surface area contributed by atoms with Gasteiger partial charge in [-0.15, -0.1) is 0 Å². The molecular formula is C7H12N8. The third kappa shape index (κ3) is 2.00. The Balaban J connectivity index is 2.13. The van der Waals surface area contributed by atoms with Crippen molar-refractivity contribution in [3.63, 3.8) is 0 Å². The molecule has 0 saturated heterocycles. The fraction of sp³-hybridized carbons (Fsp3) is 0.429. The van der Waals surface area contributed by atoms with Crippen molar-refractivity contribution in [2.24, 2.45) is 12.9 Å². The SMILES string of the molecule is Cn1ncnc1CC(NN)c1ncn[nH]1. The maximum absolute atomic E-state index is 5.44. The summed E-state index contributed by atoms with van der Waals surface area (Å²) in [6.07, 6.45) is 3.54. The summed E-state index contributed by atoms with van der Waals surface area (Å²) in [6.45, 7) is 0. The molecule has 2 aromatic rings. The van der Waals surface area contributed by atoms with Crippen molar-refractivity contribution in [3.05, 3.63) is 24.3 Å². The Labute approximate surface area is 85.9 Å². The van der Waals surface area contributed by atoms with Gasteiger partial charge in [-0.1, -0.05) is 0 Å².